The second-order valence-electron chi connectivity index (χ2n) is 7.82. The van der Waals surface area contributed by atoms with E-state index in [1.807, 2.05) is 13.0 Å². The molecule has 0 spiro atoms. The van der Waals surface area contributed by atoms with Crippen LogP contribution < -0.4 is 5.32 Å². The van der Waals surface area contributed by atoms with E-state index in [2.05, 4.69) is 15.5 Å². The number of aromatic nitrogens is 4. The fraction of sp³-hybridized carbons (Fsp3) is 0.381. The molecule has 1 amide bonds. The van der Waals surface area contributed by atoms with Gasteiger partial charge in [0.2, 0.25) is 5.91 Å². The maximum Gasteiger partial charge on any atom is 0.283 e. The molecule has 2 aromatic heterocycles. The molecule has 2 heterocycles. The molecule has 0 bridgehead atoms. The number of nitrogens with zero attached hydrogens (tertiary/aromatic N) is 4. The molecule has 11 heteroatoms. The second kappa shape index (κ2) is 9.00. The summed E-state index contributed by atoms with van der Waals surface area (Å²) in [5, 5.41) is 12.1. The van der Waals surface area contributed by atoms with Gasteiger partial charge in [-0.2, -0.15) is 10.2 Å². The van der Waals surface area contributed by atoms with E-state index in [9.17, 15) is 13.6 Å². The monoisotopic (exact) mass is 501 g/mol. The molecule has 170 valence electrons. The predicted octanol–water partition coefficient (Wildman–Crippen LogP) is 6.16. The Balaban J connectivity index is 1.52. The number of amides is 1. The SMILES string of the molecule is Cc1nn(Cc2ccc(Cl)c(Cl)c2)c(C)c1NC(=O)Cn1nc(C(F)F)c(Cl)c1C1CC1. The topological polar surface area (TPSA) is 64.7 Å². The van der Waals surface area contributed by atoms with Crippen molar-refractivity contribution in [3.8, 4) is 0 Å². The molecule has 0 atom stereocenters. The van der Waals surface area contributed by atoms with Crippen molar-refractivity contribution in [3.63, 3.8) is 0 Å². The first-order valence-electron chi connectivity index (χ1n) is 9.97. The van der Waals surface area contributed by atoms with Crippen molar-refractivity contribution in [2.24, 2.45) is 0 Å². The van der Waals surface area contributed by atoms with E-state index in [0.717, 1.165) is 24.1 Å². The number of carbonyl (C=O) groups is 1. The number of hydrogen-bond acceptors (Lipinski definition) is 3. The number of alkyl halides is 2. The molecule has 32 heavy (non-hydrogen) atoms. The average molecular weight is 503 g/mol. The number of hydrogen-bond donors (Lipinski definition) is 1. The molecular weight excluding hydrogens is 483 g/mol. The van der Waals surface area contributed by atoms with E-state index in [-0.39, 0.29) is 17.5 Å². The van der Waals surface area contributed by atoms with Crippen LogP contribution in [-0.4, -0.2) is 25.5 Å². The van der Waals surface area contributed by atoms with Crippen LogP contribution in [0.15, 0.2) is 18.2 Å². The first-order chi connectivity index (χ1) is 15.2. The zero-order valence-electron chi connectivity index (χ0n) is 17.3. The average Bonchev–Trinajstić information content (AvgIpc) is 3.46. The molecule has 1 fully saturated rings. The zero-order chi connectivity index (χ0) is 23.2. The number of nitrogens with one attached hydrogen (secondary N) is 1. The molecular formula is C21H20Cl3F2N5O. The van der Waals surface area contributed by atoms with Gasteiger partial charge in [-0.1, -0.05) is 40.9 Å². The minimum absolute atomic E-state index is 0.0443. The van der Waals surface area contributed by atoms with Crippen LogP contribution in [0.3, 0.4) is 0 Å². The van der Waals surface area contributed by atoms with Crippen molar-refractivity contribution in [2.45, 2.75) is 52.1 Å². The number of halogens is 5. The van der Waals surface area contributed by atoms with Crippen LogP contribution in [0.4, 0.5) is 14.5 Å². The Hall–Kier alpha value is -2.16. The van der Waals surface area contributed by atoms with Crippen LogP contribution in [0, 0.1) is 13.8 Å². The molecule has 1 aliphatic carbocycles. The molecule has 4 rings (SSSR count). The summed E-state index contributed by atoms with van der Waals surface area (Å²) >= 11 is 18.2. The quantitative estimate of drug-likeness (QED) is 0.421. The first-order valence-corrected chi connectivity index (χ1v) is 11.1. The van der Waals surface area contributed by atoms with Crippen LogP contribution in [0.5, 0.6) is 0 Å². The lowest BCUT2D eigenvalue weighted by atomic mass is 10.2. The lowest BCUT2D eigenvalue weighted by molar-refractivity contribution is -0.117. The lowest BCUT2D eigenvalue weighted by Crippen LogP contribution is -2.21. The van der Waals surface area contributed by atoms with Gasteiger partial charge in [-0.3, -0.25) is 14.2 Å². The van der Waals surface area contributed by atoms with E-state index < -0.39 is 18.0 Å². The normalized spacial score (nSPS) is 13.8. The summed E-state index contributed by atoms with van der Waals surface area (Å²) in [5.74, 6) is -0.333. The van der Waals surface area contributed by atoms with E-state index in [1.165, 1.54) is 4.68 Å². The van der Waals surface area contributed by atoms with Crippen molar-refractivity contribution in [1.82, 2.24) is 19.6 Å². The number of aryl methyl sites for hydroxylation is 1. The number of rotatable bonds is 7. The van der Waals surface area contributed by atoms with Gasteiger partial charge in [0.25, 0.3) is 6.43 Å². The van der Waals surface area contributed by atoms with Gasteiger partial charge in [0, 0.05) is 5.92 Å². The highest BCUT2D eigenvalue weighted by atomic mass is 35.5. The summed E-state index contributed by atoms with van der Waals surface area (Å²) in [6.45, 7) is 3.85. The molecule has 6 nitrogen and oxygen atoms in total. The van der Waals surface area contributed by atoms with Crippen molar-refractivity contribution < 1.29 is 13.6 Å². The van der Waals surface area contributed by atoms with Crippen LogP contribution in [0.2, 0.25) is 15.1 Å². The van der Waals surface area contributed by atoms with E-state index in [1.54, 1.807) is 23.7 Å². The van der Waals surface area contributed by atoms with Crippen LogP contribution in [-0.2, 0) is 17.9 Å². The van der Waals surface area contributed by atoms with Crippen molar-refractivity contribution in [2.75, 3.05) is 5.32 Å². The van der Waals surface area contributed by atoms with Gasteiger partial charge in [0.1, 0.15) is 12.2 Å². The van der Waals surface area contributed by atoms with Crippen molar-refractivity contribution in [1.29, 1.82) is 0 Å². The Morgan fingerprint density at radius 2 is 1.88 bits per heavy atom. The predicted molar refractivity (Wildman–Crippen MR) is 120 cm³/mol. The molecule has 1 saturated carbocycles. The zero-order valence-corrected chi connectivity index (χ0v) is 19.6. The smallest absolute Gasteiger partial charge is 0.283 e. The molecule has 0 unspecified atom stereocenters. The van der Waals surface area contributed by atoms with Crippen LogP contribution in [0.1, 0.15) is 53.5 Å². The van der Waals surface area contributed by atoms with Gasteiger partial charge >= 0.3 is 0 Å². The molecule has 0 saturated heterocycles. The Labute approximate surface area is 198 Å². The van der Waals surface area contributed by atoms with E-state index in [0.29, 0.717) is 33.7 Å². The largest absolute Gasteiger partial charge is 0.321 e. The number of benzene rings is 1. The highest BCUT2D eigenvalue weighted by Gasteiger charge is 2.34. The van der Waals surface area contributed by atoms with E-state index >= 15 is 0 Å². The standard InChI is InChI=1S/C21H20Cl3F2N5O/c1-10-18(11(2)30(28-10)8-12-3-6-14(22)15(23)7-12)27-16(32)9-31-20(13-4-5-13)17(24)19(29-31)21(25)26/h3,6-7,13,21H,4-5,8-9H2,1-2H3,(H,27,32). The summed E-state index contributed by atoms with van der Waals surface area (Å²) in [6.07, 6.45) is -1.11. The van der Waals surface area contributed by atoms with Gasteiger partial charge in [-0.15, -0.1) is 0 Å². The Morgan fingerprint density at radius 1 is 1.16 bits per heavy atom. The van der Waals surface area contributed by atoms with Crippen molar-refractivity contribution >= 4 is 46.4 Å². The summed E-state index contributed by atoms with van der Waals surface area (Å²) in [6, 6.07) is 5.33. The third-order valence-corrected chi connectivity index (χ3v) is 6.51. The maximum atomic E-state index is 13.2. The van der Waals surface area contributed by atoms with Crippen molar-refractivity contribution in [3.05, 3.63) is 61.6 Å². The summed E-state index contributed by atoms with van der Waals surface area (Å²) in [4.78, 5) is 12.7. The summed E-state index contributed by atoms with van der Waals surface area (Å²) in [7, 11) is 0. The third-order valence-electron chi connectivity index (χ3n) is 5.38. The van der Waals surface area contributed by atoms with Gasteiger partial charge < -0.3 is 5.32 Å². The Kier molecular flexibility index (Phi) is 6.47. The molecule has 1 aromatic carbocycles. The lowest BCUT2D eigenvalue weighted by Gasteiger charge is -2.10. The minimum atomic E-state index is -2.80. The van der Waals surface area contributed by atoms with E-state index in [4.69, 9.17) is 34.8 Å². The van der Waals surface area contributed by atoms with Gasteiger partial charge in [0.05, 0.1) is 44.4 Å². The summed E-state index contributed by atoms with van der Waals surface area (Å²) < 4.78 is 29.5. The molecule has 1 N–H and O–H groups in total. The highest BCUT2D eigenvalue weighted by molar-refractivity contribution is 6.42. The van der Waals surface area contributed by atoms with Crippen LogP contribution >= 0.6 is 34.8 Å². The highest BCUT2D eigenvalue weighted by Crippen LogP contribution is 2.45. The molecule has 0 aliphatic heterocycles. The number of carbonyl (C=O) groups excluding carboxylic acids is 1. The fourth-order valence-electron chi connectivity index (χ4n) is 3.64. The summed E-state index contributed by atoms with van der Waals surface area (Å²) in [5.41, 5.74) is 2.86. The molecule has 3 aromatic rings. The van der Waals surface area contributed by atoms with Gasteiger partial charge in [-0.05, 0) is 44.4 Å². The third kappa shape index (κ3) is 4.63. The molecule has 0 radical (unpaired) electrons. The Morgan fingerprint density at radius 3 is 2.50 bits per heavy atom. The minimum Gasteiger partial charge on any atom is -0.321 e. The Bertz CT molecular complexity index is 1190. The fourth-order valence-corrected chi connectivity index (χ4v) is 4.33. The van der Waals surface area contributed by atoms with Gasteiger partial charge in [-0.25, -0.2) is 8.78 Å². The molecule has 1 aliphatic rings. The van der Waals surface area contributed by atoms with Crippen LogP contribution in [0.25, 0.3) is 0 Å². The maximum absolute atomic E-state index is 13.2. The second-order valence-corrected chi connectivity index (χ2v) is 9.01. The number of anilines is 1. The first kappa shape index (κ1) is 23.0. The van der Waals surface area contributed by atoms with Gasteiger partial charge in [0.15, 0.2) is 0 Å².